The van der Waals surface area contributed by atoms with Crippen LogP contribution >= 0.6 is 27.3 Å². The number of rotatable bonds is 7. The van der Waals surface area contributed by atoms with E-state index in [0.29, 0.717) is 11.4 Å². The molecule has 32 heavy (non-hydrogen) atoms. The molecule has 4 aromatic rings. The van der Waals surface area contributed by atoms with E-state index < -0.39 is 15.9 Å². The van der Waals surface area contributed by atoms with Crippen LogP contribution in [0.3, 0.4) is 0 Å². The molecule has 0 unspecified atom stereocenters. The molecule has 0 atom stereocenters. The predicted molar refractivity (Wildman–Crippen MR) is 121 cm³/mol. The Balaban J connectivity index is 1.40. The van der Waals surface area contributed by atoms with Gasteiger partial charge in [0.05, 0.1) is 6.54 Å². The standard InChI is InChI=1S/C19H15BrN6O4S2/c1-11-4-2-6-13(8-11)17(27)23-18-24-25-19(31-18)32(28,29)21-10-15-22-16(26-30-15)12-5-3-7-14(20)9-12/h2-9,21H,10H2,1H3,(H,23,24,27). The molecule has 0 spiro atoms. The molecular formula is C19H15BrN6O4S2. The van der Waals surface area contributed by atoms with E-state index in [9.17, 15) is 13.2 Å². The molecule has 0 bridgehead atoms. The first-order chi connectivity index (χ1) is 15.3. The van der Waals surface area contributed by atoms with Crippen molar-refractivity contribution in [2.75, 3.05) is 5.32 Å². The molecule has 0 aliphatic carbocycles. The van der Waals surface area contributed by atoms with Gasteiger partial charge in [0.15, 0.2) is 0 Å². The SMILES string of the molecule is Cc1cccc(C(=O)Nc2nnc(S(=O)(=O)NCc3nc(-c4cccc(Br)c4)no3)s2)c1. The molecular weight excluding hydrogens is 520 g/mol. The minimum atomic E-state index is -4.00. The van der Waals surface area contributed by atoms with Gasteiger partial charge in [-0.3, -0.25) is 10.1 Å². The summed E-state index contributed by atoms with van der Waals surface area (Å²) < 4.78 is 33.1. The largest absolute Gasteiger partial charge is 0.338 e. The Morgan fingerprint density at radius 2 is 1.97 bits per heavy atom. The first-order valence-electron chi connectivity index (χ1n) is 9.10. The normalized spacial score (nSPS) is 11.4. The van der Waals surface area contributed by atoms with Gasteiger partial charge in [0.25, 0.3) is 15.9 Å². The van der Waals surface area contributed by atoms with Gasteiger partial charge in [0.1, 0.15) is 0 Å². The van der Waals surface area contributed by atoms with Crippen molar-refractivity contribution < 1.29 is 17.7 Å². The monoisotopic (exact) mass is 534 g/mol. The molecule has 164 valence electrons. The van der Waals surface area contributed by atoms with Gasteiger partial charge in [-0.25, -0.2) is 8.42 Å². The number of carbonyl (C=O) groups is 1. The zero-order chi connectivity index (χ0) is 22.7. The molecule has 0 saturated carbocycles. The lowest BCUT2D eigenvalue weighted by Gasteiger charge is -2.02. The van der Waals surface area contributed by atoms with E-state index >= 15 is 0 Å². The van der Waals surface area contributed by atoms with Crippen LogP contribution < -0.4 is 10.0 Å². The summed E-state index contributed by atoms with van der Waals surface area (Å²) in [4.78, 5) is 16.5. The van der Waals surface area contributed by atoms with Gasteiger partial charge in [0, 0.05) is 15.6 Å². The third kappa shape index (κ3) is 5.24. The lowest BCUT2D eigenvalue weighted by molar-refractivity contribution is 0.102. The highest BCUT2D eigenvalue weighted by Gasteiger charge is 2.22. The first kappa shape index (κ1) is 22.2. The quantitative estimate of drug-likeness (QED) is 0.343. The Hall–Kier alpha value is -3.00. The molecule has 0 fully saturated rings. The summed E-state index contributed by atoms with van der Waals surface area (Å²) in [5.74, 6) is 0.00583. The number of anilines is 1. The molecule has 10 nitrogen and oxygen atoms in total. The van der Waals surface area contributed by atoms with Gasteiger partial charge in [-0.2, -0.15) is 9.71 Å². The molecule has 2 heterocycles. The summed E-state index contributed by atoms with van der Waals surface area (Å²) in [5, 5.41) is 13.9. The van der Waals surface area contributed by atoms with Crippen molar-refractivity contribution in [3.63, 3.8) is 0 Å². The van der Waals surface area contributed by atoms with E-state index in [1.807, 2.05) is 31.2 Å². The summed E-state index contributed by atoms with van der Waals surface area (Å²) in [6, 6.07) is 14.3. The lowest BCUT2D eigenvalue weighted by Crippen LogP contribution is -2.23. The number of aromatic nitrogens is 4. The molecule has 0 aliphatic heterocycles. The maximum atomic E-state index is 12.5. The average molecular weight is 535 g/mol. The minimum absolute atomic E-state index is 0.0617. The number of halogens is 1. The topological polar surface area (TPSA) is 140 Å². The van der Waals surface area contributed by atoms with E-state index in [1.54, 1.807) is 24.3 Å². The van der Waals surface area contributed by atoms with Gasteiger partial charge >= 0.3 is 0 Å². The molecule has 4 rings (SSSR count). The van der Waals surface area contributed by atoms with Crippen LogP contribution in [0.1, 0.15) is 21.8 Å². The van der Waals surface area contributed by atoms with E-state index in [2.05, 4.69) is 46.3 Å². The number of aryl methyl sites for hydroxylation is 1. The zero-order valence-corrected chi connectivity index (χ0v) is 19.7. The summed E-state index contributed by atoms with van der Waals surface area (Å²) in [6.45, 7) is 1.64. The number of carbonyl (C=O) groups excluding carboxylic acids is 1. The van der Waals surface area contributed by atoms with Crippen LogP contribution in [-0.2, 0) is 16.6 Å². The molecule has 2 aromatic heterocycles. The Kier molecular flexibility index (Phi) is 6.41. The fourth-order valence-corrected chi connectivity index (χ4v) is 4.92. The van der Waals surface area contributed by atoms with Crippen LogP contribution in [0.5, 0.6) is 0 Å². The van der Waals surface area contributed by atoms with Crippen LogP contribution in [0.25, 0.3) is 11.4 Å². The zero-order valence-electron chi connectivity index (χ0n) is 16.4. The molecule has 0 radical (unpaired) electrons. The van der Waals surface area contributed by atoms with Crippen molar-refractivity contribution in [1.29, 1.82) is 0 Å². The summed E-state index contributed by atoms with van der Waals surface area (Å²) in [7, 11) is -4.00. The van der Waals surface area contributed by atoms with Crippen molar-refractivity contribution in [2.24, 2.45) is 0 Å². The van der Waals surface area contributed by atoms with E-state index in [4.69, 9.17) is 4.52 Å². The smallest absolute Gasteiger partial charge is 0.270 e. The molecule has 2 aromatic carbocycles. The third-order valence-electron chi connectivity index (χ3n) is 4.10. The van der Waals surface area contributed by atoms with Crippen LogP contribution in [0.4, 0.5) is 5.13 Å². The molecule has 2 N–H and O–H groups in total. The number of benzene rings is 2. The minimum Gasteiger partial charge on any atom is -0.338 e. The molecule has 0 saturated heterocycles. The van der Waals surface area contributed by atoms with Crippen molar-refractivity contribution in [3.05, 3.63) is 70.0 Å². The van der Waals surface area contributed by atoms with Crippen LogP contribution in [0.15, 0.2) is 61.9 Å². The number of hydrogen-bond donors (Lipinski definition) is 2. The highest BCUT2D eigenvalue weighted by Crippen LogP contribution is 2.22. The van der Waals surface area contributed by atoms with Crippen LogP contribution in [-0.4, -0.2) is 34.7 Å². The van der Waals surface area contributed by atoms with Crippen LogP contribution in [0.2, 0.25) is 0 Å². The van der Waals surface area contributed by atoms with Gasteiger partial charge < -0.3 is 4.52 Å². The summed E-state index contributed by atoms with van der Waals surface area (Å²) in [5.41, 5.74) is 2.07. The number of amides is 1. The second-order valence-electron chi connectivity index (χ2n) is 6.54. The second-order valence-corrected chi connectivity index (χ2v) is 10.4. The van der Waals surface area contributed by atoms with E-state index in [1.165, 1.54) is 0 Å². The lowest BCUT2D eigenvalue weighted by atomic mass is 10.1. The van der Waals surface area contributed by atoms with Crippen molar-refractivity contribution in [3.8, 4) is 11.4 Å². The van der Waals surface area contributed by atoms with Crippen LogP contribution in [0, 0.1) is 6.92 Å². The van der Waals surface area contributed by atoms with Gasteiger partial charge in [-0.1, -0.05) is 62.3 Å². The number of hydrogen-bond acceptors (Lipinski definition) is 9. The van der Waals surface area contributed by atoms with Gasteiger partial charge in [-0.15, -0.1) is 10.2 Å². The summed E-state index contributed by atoms with van der Waals surface area (Å²) in [6.07, 6.45) is 0. The number of nitrogens with zero attached hydrogens (tertiary/aromatic N) is 4. The Morgan fingerprint density at radius 1 is 1.16 bits per heavy atom. The van der Waals surface area contributed by atoms with Crippen molar-refractivity contribution in [2.45, 2.75) is 17.8 Å². The van der Waals surface area contributed by atoms with Crippen molar-refractivity contribution >= 4 is 48.3 Å². The number of nitrogens with one attached hydrogen (secondary N) is 2. The highest BCUT2D eigenvalue weighted by molar-refractivity contribution is 9.10. The first-order valence-corrected chi connectivity index (χ1v) is 12.2. The van der Waals surface area contributed by atoms with Gasteiger partial charge in [-0.05, 0) is 31.2 Å². The Morgan fingerprint density at radius 3 is 2.75 bits per heavy atom. The predicted octanol–water partition coefficient (Wildman–Crippen LogP) is 3.39. The van der Waals surface area contributed by atoms with Gasteiger partial charge in [0.2, 0.25) is 21.2 Å². The Labute approximate surface area is 195 Å². The molecule has 0 aliphatic rings. The fourth-order valence-electron chi connectivity index (χ4n) is 2.61. The second kappa shape index (κ2) is 9.24. The average Bonchev–Trinajstić information content (AvgIpc) is 3.43. The highest BCUT2D eigenvalue weighted by atomic mass is 79.9. The molecule has 1 amide bonds. The number of sulfonamides is 1. The summed E-state index contributed by atoms with van der Waals surface area (Å²) >= 11 is 4.10. The van der Waals surface area contributed by atoms with E-state index in [0.717, 1.165) is 26.9 Å². The maximum Gasteiger partial charge on any atom is 0.270 e. The molecule has 13 heteroatoms. The van der Waals surface area contributed by atoms with E-state index in [-0.39, 0.29) is 21.9 Å². The third-order valence-corrected chi connectivity index (χ3v) is 7.20. The Bertz CT molecular complexity index is 1390. The van der Waals surface area contributed by atoms with Crippen molar-refractivity contribution in [1.82, 2.24) is 25.1 Å². The maximum absolute atomic E-state index is 12.5. The fraction of sp³-hybridized carbons (Fsp3) is 0.105.